The first-order valence-electron chi connectivity index (χ1n) is 6.43. The maximum absolute atomic E-state index is 12.1. The van der Waals surface area contributed by atoms with Gasteiger partial charge in [0.05, 0.1) is 10.7 Å². The fraction of sp³-hybridized carbons (Fsp3) is 0.188. The topological polar surface area (TPSA) is 55.1 Å². The lowest BCUT2D eigenvalue weighted by Crippen LogP contribution is -2.12. The minimum absolute atomic E-state index is 0.188. The maximum Gasteiger partial charge on any atom is 0.255 e. The fourth-order valence-corrected chi connectivity index (χ4v) is 2.08. The van der Waals surface area contributed by atoms with E-state index in [1.165, 1.54) is 5.56 Å². The molecule has 0 aromatic heterocycles. The van der Waals surface area contributed by atoms with Gasteiger partial charge in [-0.2, -0.15) is 0 Å². The molecule has 0 aliphatic rings. The second kappa shape index (κ2) is 5.97. The van der Waals surface area contributed by atoms with Crippen LogP contribution in [0.2, 0.25) is 5.02 Å². The summed E-state index contributed by atoms with van der Waals surface area (Å²) in [6, 6.07) is 12.6. The Morgan fingerprint density at radius 2 is 1.80 bits per heavy atom. The van der Waals surface area contributed by atoms with Crippen molar-refractivity contribution in [2.24, 2.45) is 0 Å². The van der Waals surface area contributed by atoms with E-state index in [2.05, 4.69) is 19.2 Å². The molecule has 0 heterocycles. The van der Waals surface area contributed by atoms with E-state index in [1.54, 1.807) is 18.2 Å². The number of benzene rings is 2. The zero-order valence-electron chi connectivity index (χ0n) is 11.5. The second-order valence-electron chi connectivity index (χ2n) is 4.97. The van der Waals surface area contributed by atoms with E-state index in [0.717, 1.165) is 0 Å². The highest BCUT2D eigenvalue weighted by atomic mass is 35.5. The first-order chi connectivity index (χ1) is 9.47. The number of nitrogen functional groups attached to an aromatic ring is 1. The van der Waals surface area contributed by atoms with Gasteiger partial charge in [-0.3, -0.25) is 4.79 Å². The Kier molecular flexibility index (Phi) is 4.30. The number of amides is 1. The number of nitrogens with one attached hydrogen (secondary N) is 1. The van der Waals surface area contributed by atoms with Gasteiger partial charge >= 0.3 is 0 Å². The molecule has 3 N–H and O–H groups in total. The van der Waals surface area contributed by atoms with Gasteiger partial charge in [-0.25, -0.2) is 0 Å². The summed E-state index contributed by atoms with van der Waals surface area (Å²) in [4.78, 5) is 12.1. The summed E-state index contributed by atoms with van der Waals surface area (Å²) < 4.78 is 0. The van der Waals surface area contributed by atoms with Crippen LogP contribution in [0.4, 0.5) is 11.4 Å². The van der Waals surface area contributed by atoms with Crippen molar-refractivity contribution >= 4 is 28.9 Å². The van der Waals surface area contributed by atoms with Crippen molar-refractivity contribution in [3.8, 4) is 0 Å². The third kappa shape index (κ3) is 3.31. The Hall–Kier alpha value is -2.00. The maximum atomic E-state index is 12.1. The number of carbonyl (C=O) groups excluding carboxylic acids is 1. The van der Waals surface area contributed by atoms with Crippen LogP contribution in [0.1, 0.15) is 35.7 Å². The number of halogens is 1. The molecule has 0 atom stereocenters. The SMILES string of the molecule is CC(C)c1ccc(C(=O)Nc2ccc(N)cc2Cl)cc1. The first-order valence-corrected chi connectivity index (χ1v) is 6.81. The number of carbonyl (C=O) groups is 1. The number of rotatable bonds is 3. The van der Waals surface area contributed by atoms with Crippen LogP contribution in [0.5, 0.6) is 0 Å². The van der Waals surface area contributed by atoms with Gasteiger partial charge in [0.1, 0.15) is 0 Å². The molecule has 0 spiro atoms. The number of anilines is 2. The van der Waals surface area contributed by atoms with Crippen LogP contribution >= 0.6 is 11.6 Å². The van der Waals surface area contributed by atoms with Crippen molar-refractivity contribution in [2.45, 2.75) is 19.8 Å². The Balaban J connectivity index is 2.15. The first kappa shape index (κ1) is 14.4. The van der Waals surface area contributed by atoms with Crippen LogP contribution in [-0.4, -0.2) is 5.91 Å². The van der Waals surface area contributed by atoms with E-state index < -0.39 is 0 Å². The van der Waals surface area contributed by atoms with E-state index in [4.69, 9.17) is 17.3 Å². The zero-order chi connectivity index (χ0) is 14.7. The van der Waals surface area contributed by atoms with E-state index in [9.17, 15) is 4.79 Å². The summed E-state index contributed by atoms with van der Waals surface area (Å²) in [5, 5.41) is 3.20. The molecule has 3 nitrogen and oxygen atoms in total. The Bertz CT molecular complexity index is 621. The number of hydrogen-bond donors (Lipinski definition) is 2. The highest BCUT2D eigenvalue weighted by Crippen LogP contribution is 2.24. The molecule has 0 saturated heterocycles. The number of hydrogen-bond acceptors (Lipinski definition) is 2. The molecule has 0 bridgehead atoms. The molecule has 0 saturated carbocycles. The van der Waals surface area contributed by atoms with Crippen LogP contribution in [0.25, 0.3) is 0 Å². The molecule has 0 fully saturated rings. The normalized spacial score (nSPS) is 10.6. The summed E-state index contributed by atoms with van der Waals surface area (Å²) in [6.45, 7) is 4.23. The van der Waals surface area contributed by atoms with E-state index in [0.29, 0.717) is 27.9 Å². The Labute approximate surface area is 123 Å². The van der Waals surface area contributed by atoms with Crippen molar-refractivity contribution < 1.29 is 4.79 Å². The van der Waals surface area contributed by atoms with E-state index in [1.807, 2.05) is 24.3 Å². The van der Waals surface area contributed by atoms with Gasteiger partial charge in [-0.05, 0) is 41.8 Å². The molecule has 0 aliphatic heterocycles. The van der Waals surface area contributed by atoms with Crippen LogP contribution in [-0.2, 0) is 0 Å². The third-order valence-corrected chi connectivity index (χ3v) is 3.39. The minimum atomic E-state index is -0.188. The lowest BCUT2D eigenvalue weighted by Gasteiger charge is -2.09. The third-order valence-electron chi connectivity index (χ3n) is 3.08. The van der Waals surface area contributed by atoms with Crippen LogP contribution in [0, 0.1) is 0 Å². The molecule has 20 heavy (non-hydrogen) atoms. The molecule has 0 aliphatic carbocycles. The van der Waals surface area contributed by atoms with Crippen molar-refractivity contribution in [3.05, 3.63) is 58.6 Å². The summed E-state index contributed by atoms with van der Waals surface area (Å²) in [6.07, 6.45) is 0. The Morgan fingerprint density at radius 1 is 1.15 bits per heavy atom. The van der Waals surface area contributed by atoms with Gasteiger partial charge in [-0.15, -0.1) is 0 Å². The van der Waals surface area contributed by atoms with Gasteiger partial charge in [0.25, 0.3) is 5.91 Å². The summed E-state index contributed by atoms with van der Waals surface area (Å²) >= 11 is 6.03. The molecule has 4 heteroatoms. The second-order valence-corrected chi connectivity index (χ2v) is 5.38. The lowest BCUT2D eigenvalue weighted by atomic mass is 10.0. The summed E-state index contributed by atoms with van der Waals surface area (Å²) in [5.74, 6) is 0.255. The number of nitrogens with two attached hydrogens (primary N) is 1. The monoisotopic (exact) mass is 288 g/mol. The fourth-order valence-electron chi connectivity index (χ4n) is 1.85. The van der Waals surface area contributed by atoms with Crippen LogP contribution in [0.15, 0.2) is 42.5 Å². The molecule has 2 aromatic rings. The highest BCUT2D eigenvalue weighted by molar-refractivity contribution is 6.34. The lowest BCUT2D eigenvalue weighted by molar-refractivity contribution is 0.102. The summed E-state index contributed by atoms with van der Waals surface area (Å²) in [5.41, 5.74) is 8.54. The predicted molar refractivity (Wildman–Crippen MR) is 84.3 cm³/mol. The molecule has 0 radical (unpaired) electrons. The zero-order valence-corrected chi connectivity index (χ0v) is 12.2. The molecule has 0 unspecified atom stereocenters. The smallest absolute Gasteiger partial charge is 0.255 e. The largest absolute Gasteiger partial charge is 0.399 e. The van der Waals surface area contributed by atoms with Gasteiger partial charge in [0, 0.05) is 11.3 Å². The van der Waals surface area contributed by atoms with Crippen LogP contribution in [0.3, 0.4) is 0 Å². The van der Waals surface area contributed by atoms with Gasteiger partial charge < -0.3 is 11.1 Å². The average molecular weight is 289 g/mol. The minimum Gasteiger partial charge on any atom is -0.399 e. The van der Waals surface area contributed by atoms with Gasteiger partial charge in [0.2, 0.25) is 0 Å². The van der Waals surface area contributed by atoms with Crippen LogP contribution < -0.4 is 11.1 Å². The molecule has 104 valence electrons. The van der Waals surface area contributed by atoms with E-state index in [-0.39, 0.29) is 5.91 Å². The van der Waals surface area contributed by atoms with Crippen molar-refractivity contribution in [2.75, 3.05) is 11.1 Å². The Morgan fingerprint density at radius 3 is 2.35 bits per heavy atom. The van der Waals surface area contributed by atoms with E-state index >= 15 is 0 Å². The molecule has 2 aromatic carbocycles. The van der Waals surface area contributed by atoms with Crippen molar-refractivity contribution in [1.29, 1.82) is 0 Å². The predicted octanol–water partition coefficient (Wildman–Crippen LogP) is 4.30. The molecule has 1 amide bonds. The average Bonchev–Trinajstić information content (AvgIpc) is 2.42. The molecular weight excluding hydrogens is 272 g/mol. The molecular formula is C16H17ClN2O. The van der Waals surface area contributed by atoms with Crippen molar-refractivity contribution in [3.63, 3.8) is 0 Å². The highest BCUT2D eigenvalue weighted by Gasteiger charge is 2.09. The molecule has 2 rings (SSSR count). The van der Waals surface area contributed by atoms with Gasteiger partial charge in [-0.1, -0.05) is 37.6 Å². The van der Waals surface area contributed by atoms with Crippen molar-refractivity contribution in [1.82, 2.24) is 0 Å². The van der Waals surface area contributed by atoms with Gasteiger partial charge in [0.15, 0.2) is 0 Å². The standard InChI is InChI=1S/C16H17ClN2O/c1-10(2)11-3-5-12(6-4-11)16(20)19-15-8-7-13(18)9-14(15)17/h3-10H,18H2,1-2H3,(H,19,20). The summed E-state index contributed by atoms with van der Waals surface area (Å²) in [7, 11) is 0. The quantitative estimate of drug-likeness (QED) is 0.828.